The van der Waals surface area contributed by atoms with Crippen molar-refractivity contribution >= 4 is 26.3 Å². The van der Waals surface area contributed by atoms with Gasteiger partial charge in [-0.3, -0.25) is 0 Å². The van der Waals surface area contributed by atoms with E-state index in [0.717, 1.165) is 6.54 Å². The Hall–Kier alpha value is 0.571. The molecule has 2 nitrogen and oxygen atoms in total. The summed E-state index contributed by atoms with van der Waals surface area (Å²) in [6, 6.07) is 1.46. The van der Waals surface area contributed by atoms with Crippen LogP contribution in [0, 0.1) is 0 Å². The quantitative estimate of drug-likeness (QED) is 0.551. The molecule has 0 fully saturated rings. The third-order valence-electron chi connectivity index (χ3n) is 1.89. The molecule has 0 aliphatic rings. The van der Waals surface area contributed by atoms with E-state index in [1.54, 1.807) is 0 Å². The van der Waals surface area contributed by atoms with Gasteiger partial charge in [-0.15, -0.1) is 0 Å². The van der Waals surface area contributed by atoms with Crippen LogP contribution in [0.25, 0.3) is 0 Å². The van der Waals surface area contributed by atoms with Gasteiger partial charge in [0.2, 0.25) is 0 Å². The van der Waals surface area contributed by atoms with Gasteiger partial charge < -0.3 is 9.10 Å². The lowest BCUT2D eigenvalue weighted by Gasteiger charge is -2.31. The second-order valence-electron chi connectivity index (χ2n) is 5.36. The number of rotatable bonds is 7. The summed E-state index contributed by atoms with van der Waals surface area (Å²) < 4.78 is 6.18. The highest BCUT2D eigenvalue weighted by Crippen LogP contribution is 2.11. The van der Waals surface area contributed by atoms with Crippen molar-refractivity contribution in [2.24, 2.45) is 0 Å². The van der Waals surface area contributed by atoms with Gasteiger partial charge in [0.25, 0.3) is 8.48 Å². The van der Waals surface area contributed by atoms with E-state index in [4.69, 9.17) is 4.12 Å². The molecule has 0 aliphatic carbocycles. The largest absolute Gasteiger partial charge is 0.445 e. The first-order valence-electron chi connectivity index (χ1n) is 5.72. The fourth-order valence-electron chi connectivity index (χ4n) is 1.57. The van der Waals surface area contributed by atoms with Gasteiger partial charge in [-0.1, -0.05) is 12.6 Å². The number of hydrogen-bond donors (Lipinski definition) is 1. The molecule has 0 saturated heterocycles. The summed E-state index contributed by atoms with van der Waals surface area (Å²) in [7, 11) is -2.66. The van der Waals surface area contributed by atoms with Crippen LogP contribution in [0.4, 0.5) is 0 Å². The minimum absolute atomic E-state index is 0.260. The van der Waals surface area contributed by atoms with E-state index in [0.29, 0.717) is 0 Å². The van der Waals surface area contributed by atoms with Crippen molar-refractivity contribution in [3.63, 3.8) is 0 Å². The molecule has 0 aliphatic heterocycles. The zero-order valence-corrected chi connectivity index (χ0v) is 14.2. The van der Waals surface area contributed by atoms with Crippen molar-refractivity contribution in [2.45, 2.75) is 51.7 Å². The van der Waals surface area contributed by atoms with Crippen molar-refractivity contribution in [2.75, 3.05) is 6.54 Å². The molecule has 0 amide bonds. The summed E-state index contributed by atoms with van der Waals surface area (Å²) in [5, 5.41) is 0. The second-order valence-corrected chi connectivity index (χ2v) is 15.5. The van der Waals surface area contributed by atoms with Gasteiger partial charge in [-0.05, 0) is 45.7 Å². The molecule has 0 radical (unpaired) electrons. The Kier molecular flexibility index (Phi) is 6.47. The summed E-state index contributed by atoms with van der Waals surface area (Å²) in [5.74, 6) is 0. The fraction of sp³-hybridized carbons (Fsp3) is 1.00. The van der Waals surface area contributed by atoms with Crippen molar-refractivity contribution in [3.05, 3.63) is 0 Å². The zero-order chi connectivity index (χ0) is 11.2. The molecular formula is C9H27NOSi3. The maximum Gasteiger partial charge on any atom is 0.251 e. The molecule has 5 heteroatoms. The first-order chi connectivity index (χ1) is 6.27. The molecule has 0 aromatic heterocycles. The molecule has 0 rings (SSSR count). The van der Waals surface area contributed by atoms with E-state index in [1.165, 1.54) is 12.5 Å². The van der Waals surface area contributed by atoms with E-state index < -0.39 is 16.8 Å². The van der Waals surface area contributed by atoms with Gasteiger partial charge in [0.15, 0.2) is 8.32 Å². The predicted octanol–water partition coefficient (Wildman–Crippen LogP) is 2.15. The van der Waals surface area contributed by atoms with Gasteiger partial charge in [-0.2, -0.15) is 0 Å². The highest BCUT2D eigenvalue weighted by molar-refractivity contribution is 6.83. The normalized spacial score (nSPS) is 14.1. The number of hydrogen-bond acceptors (Lipinski definition) is 2. The van der Waals surface area contributed by atoms with Crippen LogP contribution in [0.3, 0.4) is 0 Å². The Balaban J connectivity index is 3.72. The van der Waals surface area contributed by atoms with Gasteiger partial charge in [0.05, 0.1) is 0 Å². The second kappa shape index (κ2) is 6.22. The topological polar surface area (TPSA) is 21.3 Å². The van der Waals surface area contributed by atoms with Crippen molar-refractivity contribution in [1.29, 1.82) is 0 Å². The molecule has 0 saturated carbocycles. The molecule has 0 atom stereocenters. The molecule has 0 bridgehead atoms. The fourth-order valence-corrected chi connectivity index (χ4v) is 9.51. The van der Waals surface area contributed by atoms with Crippen LogP contribution in [0.5, 0.6) is 0 Å². The first kappa shape index (κ1) is 14.6. The Labute approximate surface area is 94.0 Å². The molecule has 0 aromatic carbocycles. The molecule has 1 N–H and O–H groups in total. The van der Waals surface area contributed by atoms with Crippen LogP contribution in [0.1, 0.15) is 6.42 Å². The molecule has 0 aromatic rings. The maximum absolute atomic E-state index is 6.18. The standard InChI is InChI=1S/C9H27NOSi3/c1-12-9-7-8-10-14(5,6)11-13(2,3)4/h10H,7-9,12H2,1-6H3. The van der Waals surface area contributed by atoms with Gasteiger partial charge in [0, 0.05) is 9.52 Å². The minimum Gasteiger partial charge on any atom is -0.445 e. The van der Waals surface area contributed by atoms with Crippen LogP contribution < -0.4 is 4.98 Å². The number of nitrogens with one attached hydrogen (secondary N) is 1. The Morgan fingerprint density at radius 1 is 1.14 bits per heavy atom. The maximum atomic E-state index is 6.18. The third kappa shape index (κ3) is 9.14. The van der Waals surface area contributed by atoms with Crippen LogP contribution >= 0.6 is 0 Å². The van der Waals surface area contributed by atoms with Crippen molar-refractivity contribution in [1.82, 2.24) is 4.98 Å². The zero-order valence-electron chi connectivity index (χ0n) is 10.7. The smallest absolute Gasteiger partial charge is 0.251 e. The minimum atomic E-state index is -1.56. The highest BCUT2D eigenvalue weighted by Gasteiger charge is 2.29. The van der Waals surface area contributed by atoms with E-state index in [-0.39, 0.29) is 9.52 Å². The molecule has 14 heavy (non-hydrogen) atoms. The van der Waals surface area contributed by atoms with Crippen LogP contribution in [-0.2, 0) is 4.12 Å². The lowest BCUT2D eigenvalue weighted by molar-refractivity contribution is 0.525. The van der Waals surface area contributed by atoms with Crippen molar-refractivity contribution in [3.8, 4) is 0 Å². The molecular weight excluding hydrogens is 222 g/mol. The van der Waals surface area contributed by atoms with Crippen LogP contribution in [0.2, 0.25) is 45.3 Å². The van der Waals surface area contributed by atoms with Gasteiger partial charge in [0.1, 0.15) is 0 Å². The third-order valence-corrected chi connectivity index (χ3v) is 8.69. The van der Waals surface area contributed by atoms with Gasteiger partial charge in [-0.25, -0.2) is 0 Å². The highest BCUT2D eigenvalue weighted by atomic mass is 28.4. The summed E-state index contributed by atoms with van der Waals surface area (Å²) in [6.45, 7) is 14.9. The van der Waals surface area contributed by atoms with E-state index >= 15 is 0 Å². The summed E-state index contributed by atoms with van der Waals surface area (Å²) in [4.78, 5) is 3.62. The summed E-state index contributed by atoms with van der Waals surface area (Å²) in [5.41, 5.74) is 0. The average molecular weight is 250 g/mol. The van der Waals surface area contributed by atoms with E-state index in [2.05, 4.69) is 44.3 Å². The lowest BCUT2D eigenvalue weighted by Crippen LogP contribution is -2.53. The molecule has 86 valence electrons. The van der Waals surface area contributed by atoms with E-state index in [1.807, 2.05) is 0 Å². The Morgan fingerprint density at radius 3 is 2.14 bits per heavy atom. The SMILES string of the molecule is C[SiH2]CCCN[Si](C)(C)O[Si](C)(C)C. The van der Waals surface area contributed by atoms with Crippen molar-refractivity contribution < 1.29 is 4.12 Å². The van der Waals surface area contributed by atoms with Crippen LogP contribution in [-0.4, -0.2) is 32.9 Å². The Bertz CT molecular complexity index is 157. The lowest BCUT2D eigenvalue weighted by atomic mass is 10.5. The van der Waals surface area contributed by atoms with Crippen LogP contribution in [0.15, 0.2) is 0 Å². The average Bonchev–Trinajstić information content (AvgIpc) is 1.93. The first-order valence-corrected chi connectivity index (χ1v) is 14.4. The molecule has 0 spiro atoms. The summed E-state index contributed by atoms with van der Waals surface area (Å²) >= 11 is 0. The molecule has 0 unspecified atom stereocenters. The predicted molar refractivity (Wildman–Crippen MR) is 73.7 cm³/mol. The molecule has 0 heterocycles. The van der Waals surface area contributed by atoms with Gasteiger partial charge >= 0.3 is 0 Å². The monoisotopic (exact) mass is 249 g/mol. The Morgan fingerprint density at radius 2 is 1.71 bits per heavy atom. The summed E-state index contributed by atoms with van der Waals surface area (Å²) in [6.07, 6.45) is 1.34. The van der Waals surface area contributed by atoms with E-state index in [9.17, 15) is 0 Å².